The number of nitrogens with zero attached hydrogens (tertiary/aromatic N) is 2. The summed E-state index contributed by atoms with van der Waals surface area (Å²) in [5, 5.41) is 0. The molecule has 1 aromatic rings. The molecular weight excluding hydrogens is 112 g/mol. The highest BCUT2D eigenvalue weighted by molar-refractivity contribution is 5.20. The molecule has 0 aliphatic carbocycles. The summed E-state index contributed by atoms with van der Waals surface area (Å²) < 4.78 is 1.92. The summed E-state index contributed by atoms with van der Waals surface area (Å²) in [6, 6.07) is 0. The van der Waals surface area contributed by atoms with Gasteiger partial charge in [0.2, 0.25) is 0 Å². The molecule has 0 amide bonds. The Hall–Kier alpha value is -1.05. The lowest BCUT2D eigenvalue weighted by Gasteiger charge is -1.85. The molecule has 1 heterocycles. The second-order valence-corrected chi connectivity index (χ2v) is 1.80. The van der Waals surface area contributed by atoms with Gasteiger partial charge in [0, 0.05) is 18.6 Å². The molecule has 0 saturated heterocycles. The van der Waals surface area contributed by atoms with Crippen molar-refractivity contribution in [3.8, 4) is 0 Å². The van der Waals surface area contributed by atoms with Crippen LogP contribution in [0.2, 0.25) is 0 Å². The van der Waals surface area contributed by atoms with Gasteiger partial charge in [-0.15, -0.1) is 0 Å². The van der Waals surface area contributed by atoms with E-state index in [4.69, 9.17) is 0 Å². The molecule has 0 atom stereocenters. The van der Waals surface area contributed by atoms with E-state index >= 15 is 0 Å². The molecule has 0 bridgehead atoms. The Bertz CT molecular complexity index is 175. The lowest BCUT2D eigenvalue weighted by Crippen LogP contribution is -1.76. The van der Waals surface area contributed by atoms with Crippen LogP contribution >= 0.6 is 0 Å². The summed E-state index contributed by atoms with van der Waals surface area (Å²) in [6.07, 6.45) is 10.6. The normalized spacial score (nSPS) is 10.8. The van der Waals surface area contributed by atoms with Crippen LogP contribution in [0.5, 0.6) is 0 Å². The van der Waals surface area contributed by atoms with E-state index in [1.54, 1.807) is 12.5 Å². The van der Waals surface area contributed by atoms with Crippen LogP contribution in [0.4, 0.5) is 0 Å². The van der Waals surface area contributed by atoms with Crippen molar-refractivity contribution in [3.05, 3.63) is 24.8 Å². The topological polar surface area (TPSA) is 17.8 Å². The number of allylic oxidation sites excluding steroid dienone is 1. The summed E-state index contributed by atoms with van der Waals surface area (Å²) in [4.78, 5) is 3.89. The third-order valence-corrected chi connectivity index (χ3v) is 1.04. The van der Waals surface area contributed by atoms with E-state index in [2.05, 4.69) is 18.0 Å². The molecule has 0 N–H and O–H groups in total. The van der Waals surface area contributed by atoms with E-state index in [9.17, 15) is 0 Å². The first-order valence-corrected chi connectivity index (χ1v) is 3.07. The van der Waals surface area contributed by atoms with Gasteiger partial charge in [0.1, 0.15) is 0 Å². The number of hydrogen-bond acceptors (Lipinski definition) is 1. The molecule has 9 heavy (non-hydrogen) atoms. The molecule has 0 unspecified atom stereocenters. The Morgan fingerprint density at radius 2 is 2.56 bits per heavy atom. The average Bonchev–Trinajstić information content (AvgIpc) is 2.34. The molecule has 0 spiro atoms. The Balaban J connectivity index is 2.57. The van der Waals surface area contributed by atoms with Gasteiger partial charge in [-0.1, -0.05) is 13.0 Å². The second-order valence-electron chi connectivity index (χ2n) is 1.80. The molecule has 0 aromatic carbocycles. The highest BCUT2D eigenvalue weighted by atomic mass is 15.0. The van der Waals surface area contributed by atoms with Gasteiger partial charge in [0.25, 0.3) is 0 Å². The third kappa shape index (κ3) is 1.72. The molecule has 1 aromatic heterocycles. The highest BCUT2D eigenvalue weighted by Gasteiger charge is 1.76. The van der Waals surface area contributed by atoms with Crippen LogP contribution < -0.4 is 0 Å². The van der Waals surface area contributed by atoms with Crippen LogP contribution in [-0.2, 0) is 0 Å². The SMILES string of the molecule is CC/C=C/n1ccnc1. The fraction of sp³-hybridized carbons (Fsp3) is 0.286. The lowest BCUT2D eigenvalue weighted by atomic mass is 10.5. The predicted octanol–water partition coefficient (Wildman–Crippen LogP) is 1.76. The summed E-state index contributed by atoms with van der Waals surface area (Å²) in [7, 11) is 0. The van der Waals surface area contributed by atoms with Crippen molar-refractivity contribution in [3.63, 3.8) is 0 Å². The molecular formula is C7H10N2. The van der Waals surface area contributed by atoms with Crippen molar-refractivity contribution in [2.24, 2.45) is 0 Å². The fourth-order valence-corrected chi connectivity index (χ4v) is 0.585. The number of aromatic nitrogens is 2. The Morgan fingerprint density at radius 1 is 1.67 bits per heavy atom. The largest absolute Gasteiger partial charge is 0.313 e. The van der Waals surface area contributed by atoms with Crippen molar-refractivity contribution in [1.29, 1.82) is 0 Å². The molecule has 0 radical (unpaired) electrons. The number of imidazole rings is 1. The summed E-state index contributed by atoms with van der Waals surface area (Å²) >= 11 is 0. The zero-order chi connectivity index (χ0) is 6.53. The van der Waals surface area contributed by atoms with Gasteiger partial charge >= 0.3 is 0 Å². The minimum absolute atomic E-state index is 1.07. The minimum Gasteiger partial charge on any atom is -0.313 e. The van der Waals surface area contributed by atoms with E-state index in [-0.39, 0.29) is 0 Å². The smallest absolute Gasteiger partial charge is 0.0986 e. The van der Waals surface area contributed by atoms with E-state index < -0.39 is 0 Å². The van der Waals surface area contributed by atoms with Crippen molar-refractivity contribution >= 4 is 6.20 Å². The van der Waals surface area contributed by atoms with E-state index in [1.807, 2.05) is 17.0 Å². The van der Waals surface area contributed by atoms with Gasteiger partial charge in [-0.25, -0.2) is 4.98 Å². The Kier molecular flexibility index (Phi) is 2.07. The van der Waals surface area contributed by atoms with E-state index in [0.29, 0.717) is 0 Å². The molecule has 48 valence electrons. The lowest BCUT2D eigenvalue weighted by molar-refractivity contribution is 1.11. The molecule has 2 heteroatoms. The molecule has 0 aliphatic rings. The van der Waals surface area contributed by atoms with Gasteiger partial charge < -0.3 is 4.57 Å². The molecule has 0 fully saturated rings. The van der Waals surface area contributed by atoms with Crippen LogP contribution in [0, 0.1) is 0 Å². The quantitative estimate of drug-likeness (QED) is 0.584. The maximum Gasteiger partial charge on any atom is 0.0986 e. The van der Waals surface area contributed by atoms with Gasteiger partial charge in [0.05, 0.1) is 6.33 Å². The van der Waals surface area contributed by atoms with Gasteiger partial charge in [0.15, 0.2) is 0 Å². The first-order chi connectivity index (χ1) is 4.43. The molecule has 2 nitrogen and oxygen atoms in total. The van der Waals surface area contributed by atoms with Crippen LogP contribution in [0.3, 0.4) is 0 Å². The minimum atomic E-state index is 1.07. The Labute approximate surface area is 54.8 Å². The average molecular weight is 122 g/mol. The van der Waals surface area contributed by atoms with Crippen molar-refractivity contribution < 1.29 is 0 Å². The van der Waals surface area contributed by atoms with E-state index in [1.165, 1.54) is 0 Å². The van der Waals surface area contributed by atoms with Crippen LogP contribution in [0.25, 0.3) is 6.20 Å². The highest BCUT2D eigenvalue weighted by Crippen LogP contribution is 1.87. The third-order valence-electron chi connectivity index (χ3n) is 1.04. The van der Waals surface area contributed by atoms with Crippen molar-refractivity contribution in [2.75, 3.05) is 0 Å². The standard InChI is InChI=1S/C7H10N2/c1-2-3-5-9-6-4-8-7-9/h3-7H,2H2,1H3/b5-3+. The van der Waals surface area contributed by atoms with Crippen LogP contribution in [0.1, 0.15) is 13.3 Å². The number of rotatable bonds is 2. The van der Waals surface area contributed by atoms with Crippen molar-refractivity contribution in [2.45, 2.75) is 13.3 Å². The molecule has 0 saturated carbocycles. The summed E-state index contributed by atoms with van der Waals surface area (Å²) in [5.74, 6) is 0. The second kappa shape index (κ2) is 3.07. The monoisotopic (exact) mass is 122 g/mol. The molecule has 0 aliphatic heterocycles. The van der Waals surface area contributed by atoms with Gasteiger partial charge in [-0.3, -0.25) is 0 Å². The maximum absolute atomic E-state index is 3.89. The first-order valence-electron chi connectivity index (χ1n) is 3.07. The van der Waals surface area contributed by atoms with Gasteiger partial charge in [-0.2, -0.15) is 0 Å². The van der Waals surface area contributed by atoms with E-state index in [0.717, 1.165) is 6.42 Å². The summed E-state index contributed by atoms with van der Waals surface area (Å²) in [6.45, 7) is 2.10. The number of hydrogen-bond donors (Lipinski definition) is 0. The fourth-order valence-electron chi connectivity index (χ4n) is 0.585. The first kappa shape index (κ1) is 6.08. The van der Waals surface area contributed by atoms with Gasteiger partial charge in [-0.05, 0) is 6.42 Å². The Morgan fingerprint density at radius 3 is 3.11 bits per heavy atom. The maximum atomic E-state index is 3.89. The molecule has 1 rings (SSSR count). The summed E-state index contributed by atoms with van der Waals surface area (Å²) in [5.41, 5.74) is 0. The van der Waals surface area contributed by atoms with Crippen molar-refractivity contribution in [1.82, 2.24) is 9.55 Å². The van der Waals surface area contributed by atoms with Crippen LogP contribution in [-0.4, -0.2) is 9.55 Å². The van der Waals surface area contributed by atoms with Crippen LogP contribution in [0.15, 0.2) is 24.8 Å². The zero-order valence-electron chi connectivity index (χ0n) is 5.49. The zero-order valence-corrected chi connectivity index (χ0v) is 5.49. The predicted molar refractivity (Wildman–Crippen MR) is 37.8 cm³/mol.